The molecule has 3 nitrogen and oxygen atoms in total. The molecule has 0 radical (unpaired) electrons. The predicted octanol–water partition coefficient (Wildman–Crippen LogP) is 7.22. The van der Waals surface area contributed by atoms with E-state index in [1.807, 2.05) is 0 Å². The van der Waals surface area contributed by atoms with E-state index in [2.05, 4.69) is 56.2 Å². The van der Waals surface area contributed by atoms with E-state index in [0.29, 0.717) is 0 Å². The minimum atomic E-state index is 0. The highest BCUT2D eigenvalue weighted by atomic mass is 35.5. The zero-order valence-electron chi connectivity index (χ0n) is 19.9. The summed E-state index contributed by atoms with van der Waals surface area (Å²) in [6, 6.07) is 7.09. The van der Waals surface area contributed by atoms with Crippen LogP contribution in [-0.2, 0) is 15.6 Å². The molecule has 172 valence electrons. The molecule has 4 rings (SSSR count). The number of halogens is 1. The van der Waals surface area contributed by atoms with Crippen LogP contribution in [0, 0.1) is 5.92 Å². The molecule has 0 atom stereocenters. The highest BCUT2D eigenvalue weighted by Crippen LogP contribution is 2.47. The fourth-order valence-electron chi connectivity index (χ4n) is 5.22. The molecule has 2 aliphatic rings. The maximum absolute atomic E-state index is 5.21. The molecule has 2 heterocycles. The minimum Gasteiger partial charge on any atom is -0.385 e. The van der Waals surface area contributed by atoms with E-state index in [-0.39, 0.29) is 23.2 Å². The Bertz CT molecular complexity index is 868. The van der Waals surface area contributed by atoms with E-state index in [0.717, 1.165) is 31.3 Å². The third-order valence-corrected chi connectivity index (χ3v) is 8.39. The third kappa shape index (κ3) is 5.29. The number of fused-ring (bicyclic) bond motifs is 1. The van der Waals surface area contributed by atoms with Crippen molar-refractivity contribution in [3.05, 3.63) is 34.7 Å². The van der Waals surface area contributed by atoms with E-state index in [9.17, 15) is 0 Å². The van der Waals surface area contributed by atoms with E-state index >= 15 is 0 Å². The van der Waals surface area contributed by atoms with Gasteiger partial charge < -0.3 is 9.64 Å². The number of nitrogens with zero attached hydrogens (tertiary/aromatic N) is 2. The van der Waals surface area contributed by atoms with Gasteiger partial charge in [-0.25, -0.2) is 4.98 Å². The second kappa shape index (κ2) is 9.80. The lowest BCUT2D eigenvalue weighted by molar-refractivity contribution is 0.183. The van der Waals surface area contributed by atoms with Crippen molar-refractivity contribution in [2.24, 2.45) is 5.92 Å². The molecular formula is C26H39ClN2OS. The Hall–Kier alpha value is -1.10. The molecule has 1 aromatic carbocycles. The maximum atomic E-state index is 5.21. The number of benzene rings is 1. The number of piperidine rings is 1. The minimum absolute atomic E-state index is 0. The van der Waals surface area contributed by atoms with Crippen molar-refractivity contribution in [3.63, 3.8) is 0 Å². The Morgan fingerprint density at radius 1 is 1.06 bits per heavy atom. The van der Waals surface area contributed by atoms with Gasteiger partial charge in [0.15, 0.2) is 5.13 Å². The van der Waals surface area contributed by atoms with Crippen LogP contribution in [0.4, 0.5) is 5.13 Å². The summed E-state index contributed by atoms with van der Waals surface area (Å²) in [4.78, 5) is 7.55. The Labute approximate surface area is 199 Å². The summed E-state index contributed by atoms with van der Waals surface area (Å²) >= 11 is 1.81. The van der Waals surface area contributed by atoms with Crippen molar-refractivity contribution in [2.75, 3.05) is 31.7 Å². The van der Waals surface area contributed by atoms with Gasteiger partial charge in [-0.05, 0) is 72.5 Å². The summed E-state index contributed by atoms with van der Waals surface area (Å²) in [5, 5.41) is 3.44. The van der Waals surface area contributed by atoms with E-state index < -0.39 is 0 Å². The molecule has 0 bridgehead atoms. The van der Waals surface area contributed by atoms with Crippen molar-refractivity contribution >= 4 is 28.9 Å². The Morgan fingerprint density at radius 2 is 1.74 bits per heavy atom. The number of aromatic nitrogens is 1. The summed E-state index contributed by atoms with van der Waals surface area (Å²) in [5.74, 6) is 0.849. The number of methoxy groups -OCH3 is 1. The monoisotopic (exact) mass is 462 g/mol. The first-order valence-electron chi connectivity index (χ1n) is 11.6. The van der Waals surface area contributed by atoms with Crippen molar-refractivity contribution in [2.45, 2.75) is 77.0 Å². The van der Waals surface area contributed by atoms with Gasteiger partial charge in [0.25, 0.3) is 0 Å². The van der Waals surface area contributed by atoms with Crippen LogP contribution in [0.1, 0.15) is 77.3 Å². The summed E-state index contributed by atoms with van der Waals surface area (Å²) in [6.45, 7) is 12.7. The fraction of sp³-hybridized carbons (Fsp3) is 0.654. The first kappa shape index (κ1) is 24.5. The van der Waals surface area contributed by atoms with Gasteiger partial charge in [0.05, 0.1) is 5.69 Å². The van der Waals surface area contributed by atoms with Crippen LogP contribution in [0.3, 0.4) is 0 Å². The Balaban J connectivity index is 0.00000272. The van der Waals surface area contributed by atoms with Gasteiger partial charge >= 0.3 is 0 Å². The van der Waals surface area contributed by atoms with Crippen molar-refractivity contribution < 1.29 is 4.74 Å². The van der Waals surface area contributed by atoms with Crippen LogP contribution in [-0.4, -0.2) is 31.8 Å². The number of ether oxygens (including phenoxy) is 1. The summed E-state index contributed by atoms with van der Waals surface area (Å²) in [5.41, 5.74) is 5.96. The quantitative estimate of drug-likeness (QED) is 0.423. The lowest BCUT2D eigenvalue weighted by Crippen LogP contribution is -2.33. The molecule has 1 fully saturated rings. The van der Waals surface area contributed by atoms with Gasteiger partial charge in [-0.1, -0.05) is 39.8 Å². The molecule has 1 saturated heterocycles. The Kier molecular flexibility index (Phi) is 7.76. The smallest absolute Gasteiger partial charge is 0.185 e. The average molecular weight is 463 g/mol. The molecule has 1 aromatic heterocycles. The van der Waals surface area contributed by atoms with Crippen LogP contribution in [0.5, 0.6) is 0 Å². The van der Waals surface area contributed by atoms with Crippen LogP contribution in [0.25, 0.3) is 11.3 Å². The topological polar surface area (TPSA) is 25.4 Å². The van der Waals surface area contributed by atoms with E-state index in [4.69, 9.17) is 9.72 Å². The van der Waals surface area contributed by atoms with E-state index in [1.165, 1.54) is 60.3 Å². The molecule has 0 amide bonds. The van der Waals surface area contributed by atoms with Crippen molar-refractivity contribution in [1.29, 1.82) is 0 Å². The number of anilines is 1. The summed E-state index contributed by atoms with van der Waals surface area (Å²) < 4.78 is 5.21. The number of hydrogen-bond donors (Lipinski definition) is 0. The zero-order chi connectivity index (χ0) is 21.4. The standard InChI is InChI=1S/C26H38N2OS.ClH/c1-25(2)12-13-26(3,4)22-17-20(8-9-21(22)25)23-18-30-24(27-23)28-14-10-19(11-15-28)7-6-16-29-5;/h8-9,17-19H,6-7,10-16H2,1-5H3;1H. The van der Waals surface area contributed by atoms with Gasteiger partial charge in [-0.2, -0.15) is 0 Å². The van der Waals surface area contributed by atoms with Gasteiger partial charge in [0, 0.05) is 37.7 Å². The summed E-state index contributed by atoms with van der Waals surface area (Å²) in [7, 11) is 1.80. The highest BCUT2D eigenvalue weighted by molar-refractivity contribution is 7.14. The van der Waals surface area contributed by atoms with Gasteiger partial charge in [-0.15, -0.1) is 23.7 Å². The molecule has 2 aromatic rings. The highest BCUT2D eigenvalue weighted by Gasteiger charge is 2.37. The largest absolute Gasteiger partial charge is 0.385 e. The van der Waals surface area contributed by atoms with E-state index in [1.54, 1.807) is 18.4 Å². The van der Waals surface area contributed by atoms with Gasteiger partial charge in [0.2, 0.25) is 0 Å². The third-order valence-electron chi connectivity index (χ3n) is 7.49. The maximum Gasteiger partial charge on any atom is 0.185 e. The van der Waals surface area contributed by atoms with Gasteiger partial charge in [0.1, 0.15) is 0 Å². The first-order chi connectivity index (χ1) is 14.3. The van der Waals surface area contributed by atoms with Crippen LogP contribution in [0.15, 0.2) is 23.6 Å². The van der Waals surface area contributed by atoms with Crippen molar-refractivity contribution in [1.82, 2.24) is 4.98 Å². The lowest BCUT2D eigenvalue weighted by Gasteiger charge is -2.42. The zero-order valence-corrected chi connectivity index (χ0v) is 21.5. The Morgan fingerprint density at radius 3 is 2.42 bits per heavy atom. The lowest BCUT2D eigenvalue weighted by atomic mass is 9.63. The average Bonchev–Trinajstić information content (AvgIpc) is 3.22. The molecule has 0 unspecified atom stereocenters. The second-order valence-electron chi connectivity index (χ2n) is 10.6. The molecule has 1 aliphatic carbocycles. The molecular weight excluding hydrogens is 424 g/mol. The first-order valence-corrected chi connectivity index (χ1v) is 12.5. The number of rotatable bonds is 6. The molecule has 0 spiro atoms. The van der Waals surface area contributed by atoms with Crippen LogP contribution < -0.4 is 4.90 Å². The van der Waals surface area contributed by atoms with Crippen LogP contribution >= 0.6 is 23.7 Å². The number of hydrogen-bond acceptors (Lipinski definition) is 4. The fourth-order valence-corrected chi connectivity index (χ4v) is 6.11. The van der Waals surface area contributed by atoms with Crippen LogP contribution in [0.2, 0.25) is 0 Å². The molecule has 31 heavy (non-hydrogen) atoms. The second-order valence-corrected chi connectivity index (χ2v) is 11.4. The molecule has 0 N–H and O–H groups in total. The molecule has 0 saturated carbocycles. The summed E-state index contributed by atoms with van der Waals surface area (Å²) in [6.07, 6.45) is 7.55. The molecule has 1 aliphatic heterocycles. The molecule has 5 heteroatoms. The number of thiazole rings is 1. The van der Waals surface area contributed by atoms with Crippen molar-refractivity contribution in [3.8, 4) is 11.3 Å². The normalized spacial score (nSPS) is 20.2. The predicted molar refractivity (Wildman–Crippen MR) is 136 cm³/mol. The van der Waals surface area contributed by atoms with Gasteiger partial charge in [-0.3, -0.25) is 0 Å². The SMILES string of the molecule is COCCCC1CCN(c2nc(-c3ccc4c(c3)C(C)(C)CCC4(C)C)cs2)CC1.Cl.